The molecule has 0 rings (SSSR count). The predicted molar refractivity (Wildman–Crippen MR) is 77.9 cm³/mol. The maximum Gasteiger partial charge on any atom is 0.306 e. The molecule has 0 aliphatic carbocycles. The predicted octanol–water partition coefficient (Wildman–Crippen LogP) is 0.955. The Morgan fingerprint density at radius 3 is 1.79 bits per heavy atom. The largest absolute Gasteiger partial charge is 0.481 e. The van der Waals surface area contributed by atoms with Gasteiger partial charge in [0.15, 0.2) is 0 Å². The topological polar surface area (TPSA) is 127 Å². The summed E-state index contributed by atoms with van der Waals surface area (Å²) in [6.07, 6.45) is 1.06. The van der Waals surface area contributed by atoms with E-state index in [1.807, 2.05) is 0 Å². The first-order chi connectivity index (χ1) is 7.93. The monoisotopic (exact) mass is 318 g/mol. The smallest absolute Gasteiger partial charge is 0.306 e. The Balaban J connectivity index is -0.00000128. The van der Waals surface area contributed by atoms with E-state index < -0.39 is 23.8 Å². The second kappa shape index (κ2) is 12.5. The van der Waals surface area contributed by atoms with Crippen LogP contribution in [0.15, 0.2) is 0 Å². The molecule has 8 heteroatoms. The van der Waals surface area contributed by atoms with Crippen molar-refractivity contribution < 1.29 is 19.8 Å². The summed E-state index contributed by atoms with van der Waals surface area (Å²) >= 11 is 0. The molecule has 0 saturated heterocycles. The van der Waals surface area contributed by atoms with Crippen LogP contribution in [0.3, 0.4) is 0 Å². The van der Waals surface area contributed by atoms with Crippen LogP contribution >= 0.6 is 24.8 Å². The van der Waals surface area contributed by atoms with Gasteiger partial charge in [-0.1, -0.05) is 6.92 Å². The fourth-order valence-corrected chi connectivity index (χ4v) is 1.99. The van der Waals surface area contributed by atoms with Crippen molar-refractivity contribution in [2.24, 2.45) is 29.2 Å². The molecular weight excluding hydrogens is 295 g/mol. The number of halogens is 2. The van der Waals surface area contributed by atoms with Gasteiger partial charge in [0.2, 0.25) is 0 Å². The maximum atomic E-state index is 11.0. The quantitative estimate of drug-likeness (QED) is 0.501. The second-order valence-electron chi connectivity index (χ2n) is 4.35. The third kappa shape index (κ3) is 9.04. The van der Waals surface area contributed by atoms with Crippen molar-refractivity contribution in [3.8, 4) is 0 Å². The van der Waals surface area contributed by atoms with Gasteiger partial charge in [0.25, 0.3) is 0 Å². The van der Waals surface area contributed by atoms with E-state index in [9.17, 15) is 9.59 Å². The highest BCUT2D eigenvalue weighted by atomic mass is 35.5. The van der Waals surface area contributed by atoms with Gasteiger partial charge >= 0.3 is 11.9 Å². The molecule has 6 N–H and O–H groups in total. The Hall–Kier alpha value is -0.560. The number of carboxylic acid groups (broad SMARTS) is 2. The van der Waals surface area contributed by atoms with Gasteiger partial charge in [-0.15, -0.1) is 24.8 Å². The number of carbonyl (C=O) groups is 2. The van der Waals surface area contributed by atoms with Gasteiger partial charge in [-0.05, 0) is 38.3 Å². The van der Waals surface area contributed by atoms with Gasteiger partial charge in [0, 0.05) is 0 Å². The van der Waals surface area contributed by atoms with Crippen molar-refractivity contribution in [3.05, 3.63) is 0 Å². The second-order valence-corrected chi connectivity index (χ2v) is 4.35. The van der Waals surface area contributed by atoms with E-state index >= 15 is 0 Å². The lowest BCUT2D eigenvalue weighted by Crippen LogP contribution is -2.28. The summed E-state index contributed by atoms with van der Waals surface area (Å²) in [6, 6.07) is 0. The zero-order chi connectivity index (χ0) is 13.4. The maximum absolute atomic E-state index is 11.0. The fraction of sp³-hybridized carbons (Fsp3) is 0.818. The van der Waals surface area contributed by atoms with E-state index in [2.05, 4.69) is 0 Å². The summed E-state index contributed by atoms with van der Waals surface area (Å²) in [6.45, 7) is 2.33. The van der Waals surface area contributed by atoms with Crippen molar-refractivity contribution in [1.82, 2.24) is 0 Å². The molecule has 0 aromatic heterocycles. The van der Waals surface area contributed by atoms with Crippen molar-refractivity contribution in [2.45, 2.75) is 26.2 Å². The molecule has 116 valence electrons. The molecule has 0 aromatic carbocycles. The zero-order valence-corrected chi connectivity index (χ0v) is 12.6. The third-order valence-corrected chi connectivity index (χ3v) is 3.00. The van der Waals surface area contributed by atoms with Crippen molar-refractivity contribution >= 4 is 36.8 Å². The van der Waals surface area contributed by atoms with Crippen LogP contribution in [0.2, 0.25) is 0 Å². The lowest BCUT2D eigenvalue weighted by molar-refractivity contribution is -0.147. The van der Waals surface area contributed by atoms with Gasteiger partial charge in [0.05, 0.1) is 11.8 Å². The van der Waals surface area contributed by atoms with Gasteiger partial charge in [0.1, 0.15) is 0 Å². The van der Waals surface area contributed by atoms with Crippen LogP contribution < -0.4 is 11.5 Å². The molecule has 0 fully saturated rings. The number of nitrogens with two attached hydrogens (primary N) is 2. The molecule has 0 spiro atoms. The summed E-state index contributed by atoms with van der Waals surface area (Å²) < 4.78 is 0. The SMILES string of the molecule is CC(CC(CCN)C(=O)O)C(CCN)C(=O)O.Cl.Cl. The van der Waals surface area contributed by atoms with Gasteiger partial charge < -0.3 is 21.7 Å². The minimum Gasteiger partial charge on any atom is -0.481 e. The molecule has 0 aliphatic rings. The molecule has 0 aliphatic heterocycles. The highest BCUT2D eigenvalue weighted by molar-refractivity contribution is 5.85. The summed E-state index contributed by atoms with van der Waals surface area (Å²) in [5.74, 6) is -3.21. The minimum absolute atomic E-state index is 0. The van der Waals surface area contributed by atoms with E-state index in [0.717, 1.165) is 0 Å². The van der Waals surface area contributed by atoms with Gasteiger partial charge in [-0.2, -0.15) is 0 Å². The average Bonchev–Trinajstić information content (AvgIpc) is 2.24. The summed E-state index contributed by atoms with van der Waals surface area (Å²) in [4.78, 5) is 22.0. The number of hydrogen-bond acceptors (Lipinski definition) is 4. The Morgan fingerprint density at radius 1 is 1.00 bits per heavy atom. The molecule has 3 atom stereocenters. The Bertz CT molecular complexity index is 267. The standard InChI is InChI=1S/C11H22N2O4.2ClH/c1-7(9(3-5-13)11(16)17)6-8(2-4-12)10(14)15;;/h7-9H,2-6,12-13H2,1H3,(H,14,15)(H,16,17);2*1H. The van der Waals surface area contributed by atoms with Crippen LogP contribution in [-0.2, 0) is 9.59 Å². The van der Waals surface area contributed by atoms with Crippen molar-refractivity contribution in [2.75, 3.05) is 13.1 Å². The molecule has 3 unspecified atom stereocenters. The zero-order valence-electron chi connectivity index (χ0n) is 10.9. The van der Waals surface area contributed by atoms with Gasteiger partial charge in [-0.25, -0.2) is 0 Å². The summed E-state index contributed by atoms with van der Waals surface area (Å²) in [5.41, 5.74) is 10.7. The van der Waals surface area contributed by atoms with E-state index in [-0.39, 0.29) is 43.8 Å². The Morgan fingerprint density at radius 2 is 1.47 bits per heavy atom. The van der Waals surface area contributed by atoms with Crippen LogP contribution in [-0.4, -0.2) is 35.2 Å². The molecule has 0 saturated carbocycles. The van der Waals surface area contributed by atoms with Crippen LogP contribution in [0.25, 0.3) is 0 Å². The normalized spacial score (nSPS) is 14.5. The lowest BCUT2D eigenvalue weighted by atomic mass is 9.83. The first kappa shape index (κ1) is 23.5. The third-order valence-electron chi connectivity index (χ3n) is 3.00. The molecule has 0 amide bonds. The van der Waals surface area contributed by atoms with E-state index in [4.69, 9.17) is 21.7 Å². The van der Waals surface area contributed by atoms with Crippen molar-refractivity contribution in [3.63, 3.8) is 0 Å². The number of aliphatic carboxylic acids is 2. The lowest BCUT2D eigenvalue weighted by Gasteiger charge is -2.22. The molecule has 19 heavy (non-hydrogen) atoms. The Labute approximate surface area is 125 Å². The highest BCUT2D eigenvalue weighted by Crippen LogP contribution is 2.24. The van der Waals surface area contributed by atoms with Crippen molar-refractivity contribution in [1.29, 1.82) is 0 Å². The van der Waals surface area contributed by atoms with E-state index in [1.165, 1.54) is 0 Å². The summed E-state index contributed by atoms with van der Waals surface area (Å²) in [5, 5.41) is 18.0. The molecule has 0 heterocycles. The first-order valence-electron chi connectivity index (χ1n) is 5.79. The molecule has 0 aromatic rings. The molecule has 6 nitrogen and oxygen atoms in total. The van der Waals surface area contributed by atoms with Crippen LogP contribution in [0.1, 0.15) is 26.2 Å². The summed E-state index contributed by atoms with van der Waals surface area (Å²) in [7, 11) is 0. The molecule has 0 bridgehead atoms. The number of rotatable bonds is 9. The van der Waals surface area contributed by atoms with E-state index in [1.54, 1.807) is 6.92 Å². The van der Waals surface area contributed by atoms with Crippen LogP contribution in [0.4, 0.5) is 0 Å². The van der Waals surface area contributed by atoms with Gasteiger partial charge in [-0.3, -0.25) is 9.59 Å². The fourth-order valence-electron chi connectivity index (χ4n) is 1.99. The number of carboxylic acids is 2. The highest BCUT2D eigenvalue weighted by Gasteiger charge is 2.28. The van der Waals surface area contributed by atoms with Crippen LogP contribution in [0, 0.1) is 17.8 Å². The Kier molecular flexibility index (Phi) is 15.4. The first-order valence-corrected chi connectivity index (χ1v) is 5.79. The molecule has 0 radical (unpaired) electrons. The molecular formula is C11H24Cl2N2O4. The number of hydrogen-bond donors (Lipinski definition) is 4. The average molecular weight is 319 g/mol. The van der Waals surface area contributed by atoms with E-state index in [0.29, 0.717) is 19.3 Å². The van der Waals surface area contributed by atoms with Crippen LogP contribution in [0.5, 0.6) is 0 Å². The minimum atomic E-state index is -0.917.